The Hall–Kier alpha value is -2.06. The van der Waals surface area contributed by atoms with Crippen molar-refractivity contribution in [2.45, 2.75) is 26.2 Å². The van der Waals surface area contributed by atoms with Crippen molar-refractivity contribution in [3.05, 3.63) is 69.5 Å². The van der Waals surface area contributed by atoms with Gasteiger partial charge in [0.15, 0.2) is 5.43 Å². The summed E-state index contributed by atoms with van der Waals surface area (Å²) in [6.07, 6.45) is 1.51. The highest BCUT2D eigenvalue weighted by molar-refractivity contribution is 6.31. The van der Waals surface area contributed by atoms with E-state index in [1.807, 2.05) is 12.1 Å². The molecule has 0 aliphatic rings. The van der Waals surface area contributed by atoms with Gasteiger partial charge in [0.2, 0.25) is 0 Å². The van der Waals surface area contributed by atoms with Gasteiger partial charge in [-0.15, -0.1) is 0 Å². The highest BCUT2D eigenvalue weighted by Gasteiger charge is 2.14. The minimum atomic E-state index is -0.0403. The molecular weight excluding hydrogens is 296 g/mol. The standard InChI is InChI=1S/C19H17ClO2/c1-19(2,3)13-6-4-12(5-7-13)16-11-22-17-10-14(20)8-9-15(17)18(16)21/h4-11H,1-3H3. The lowest BCUT2D eigenvalue weighted by Gasteiger charge is -2.19. The summed E-state index contributed by atoms with van der Waals surface area (Å²) in [6.45, 7) is 6.49. The van der Waals surface area contributed by atoms with Crippen LogP contribution in [0.1, 0.15) is 26.3 Å². The quantitative estimate of drug-likeness (QED) is 0.601. The molecule has 0 saturated carbocycles. The summed E-state index contributed by atoms with van der Waals surface area (Å²) in [5, 5.41) is 1.10. The molecule has 0 aliphatic carbocycles. The smallest absolute Gasteiger partial charge is 0.200 e. The molecule has 2 nitrogen and oxygen atoms in total. The van der Waals surface area contributed by atoms with Crippen LogP contribution in [0.15, 0.2) is 57.9 Å². The number of rotatable bonds is 1. The van der Waals surface area contributed by atoms with Crippen LogP contribution >= 0.6 is 11.6 Å². The summed E-state index contributed by atoms with van der Waals surface area (Å²) in [5.74, 6) is 0. The van der Waals surface area contributed by atoms with Crippen LogP contribution in [-0.2, 0) is 5.41 Å². The predicted octanol–water partition coefficient (Wildman–Crippen LogP) is 5.41. The van der Waals surface area contributed by atoms with E-state index in [0.717, 1.165) is 5.56 Å². The zero-order valence-corrected chi connectivity index (χ0v) is 13.6. The molecular formula is C19H17ClO2. The summed E-state index contributed by atoms with van der Waals surface area (Å²) in [7, 11) is 0. The van der Waals surface area contributed by atoms with E-state index >= 15 is 0 Å². The van der Waals surface area contributed by atoms with Crippen LogP contribution in [0.5, 0.6) is 0 Å². The summed E-state index contributed by atoms with van der Waals surface area (Å²) in [5.41, 5.74) is 3.21. The van der Waals surface area contributed by atoms with Gasteiger partial charge in [0.25, 0.3) is 0 Å². The molecule has 0 saturated heterocycles. The zero-order chi connectivity index (χ0) is 15.9. The molecule has 1 heterocycles. The van der Waals surface area contributed by atoms with Crippen LogP contribution in [-0.4, -0.2) is 0 Å². The van der Waals surface area contributed by atoms with Gasteiger partial charge in [0, 0.05) is 11.1 Å². The van der Waals surface area contributed by atoms with E-state index in [-0.39, 0.29) is 10.8 Å². The van der Waals surface area contributed by atoms with Crippen LogP contribution < -0.4 is 5.43 Å². The van der Waals surface area contributed by atoms with Crippen LogP contribution in [0.2, 0.25) is 5.02 Å². The van der Waals surface area contributed by atoms with Crippen molar-refractivity contribution >= 4 is 22.6 Å². The minimum absolute atomic E-state index is 0.0403. The summed E-state index contributed by atoms with van der Waals surface area (Å²) in [6, 6.07) is 13.1. The van der Waals surface area contributed by atoms with Gasteiger partial charge in [0.1, 0.15) is 11.8 Å². The van der Waals surface area contributed by atoms with E-state index in [4.69, 9.17) is 16.0 Å². The third-order valence-corrected chi connectivity index (χ3v) is 4.03. The second kappa shape index (κ2) is 5.29. The largest absolute Gasteiger partial charge is 0.463 e. The molecule has 0 bridgehead atoms. The molecule has 2 aromatic carbocycles. The van der Waals surface area contributed by atoms with Gasteiger partial charge >= 0.3 is 0 Å². The average Bonchev–Trinajstić information content (AvgIpc) is 2.47. The van der Waals surface area contributed by atoms with Gasteiger partial charge in [0.05, 0.1) is 10.9 Å². The molecule has 0 radical (unpaired) electrons. The Labute approximate surface area is 134 Å². The van der Waals surface area contributed by atoms with Crippen LogP contribution in [0.4, 0.5) is 0 Å². The highest BCUT2D eigenvalue weighted by atomic mass is 35.5. The van der Waals surface area contributed by atoms with Gasteiger partial charge in [-0.25, -0.2) is 0 Å². The molecule has 0 amide bonds. The Bertz CT molecular complexity index is 884. The number of halogens is 1. The van der Waals surface area contributed by atoms with Crippen LogP contribution in [0.25, 0.3) is 22.1 Å². The summed E-state index contributed by atoms with van der Waals surface area (Å²) >= 11 is 5.93. The van der Waals surface area contributed by atoms with Gasteiger partial charge in [-0.1, -0.05) is 56.6 Å². The summed E-state index contributed by atoms with van der Waals surface area (Å²) < 4.78 is 5.57. The fraction of sp³-hybridized carbons (Fsp3) is 0.211. The first-order chi connectivity index (χ1) is 10.4. The van der Waals surface area contributed by atoms with E-state index in [9.17, 15) is 4.79 Å². The fourth-order valence-electron chi connectivity index (χ4n) is 2.45. The monoisotopic (exact) mass is 312 g/mol. The van der Waals surface area contributed by atoms with E-state index in [2.05, 4.69) is 32.9 Å². The molecule has 3 aromatic rings. The molecule has 3 rings (SSSR count). The molecule has 1 aromatic heterocycles. The lowest BCUT2D eigenvalue weighted by atomic mass is 9.86. The molecule has 112 valence electrons. The number of hydrogen-bond acceptors (Lipinski definition) is 2. The first kappa shape index (κ1) is 14.9. The maximum absolute atomic E-state index is 12.6. The SMILES string of the molecule is CC(C)(C)c1ccc(-c2coc3cc(Cl)ccc3c2=O)cc1. The lowest BCUT2D eigenvalue weighted by Crippen LogP contribution is -2.11. The van der Waals surface area contributed by atoms with Crippen molar-refractivity contribution in [2.75, 3.05) is 0 Å². The normalized spacial score (nSPS) is 11.8. The third kappa shape index (κ3) is 2.67. The Morgan fingerprint density at radius 1 is 1.00 bits per heavy atom. The molecule has 3 heteroatoms. The lowest BCUT2D eigenvalue weighted by molar-refractivity contribution is 0.590. The highest BCUT2D eigenvalue weighted by Crippen LogP contribution is 2.26. The van der Waals surface area contributed by atoms with E-state index in [1.54, 1.807) is 18.2 Å². The van der Waals surface area contributed by atoms with Crippen molar-refractivity contribution in [1.82, 2.24) is 0 Å². The van der Waals surface area contributed by atoms with E-state index in [1.165, 1.54) is 11.8 Å². The molecule has 0 atom stereocenters. The third-order valence-electron chi connectivity index (χ3n) is 3.80. The fourth-order valence-corrected chi connectivity index (χ4v) is 2.61. The number of benzene rings is 2. The second-order valence-electron chi connectivity index (χ2n) is 6.45. The molecule has 22 heavy (non-hydrogen) atoms. The molecule has 0 N–H and O–H groups in total. The van der Waals surface area contributed by atoms with Crippen molar-refractivity contribution in [2.24, 2.45) is 0 Å². The first-order valence-corrected chi connectivity index (χ1v) is 7.56. The number of hydrogen-bond donors (Lipinski definition) is 0. The zero-order valence-electron chi connectivity index (χ0n) is 12.8. The Balaban J connectivity index is 2.13. The second-order valence-corrected chi connectivity index (χ2v) is 6.88. The van der Waals surface area contributed by atoms with Gasteiger partial charge in [-0.3, -0.25) is 4.79 Å². The van der Waals surface area contributed by atoms with Crippen molar-refractivity contribution in [3.8, 4) is 11.1 Å². The molecule has 0 aliphatic heterocycles. The topological polar surface area (TPSA) is 30.2 Å². The predicted molar refractivity (Wildman–Crippen MR) is 91.6 cm³/mol. The van der Waals surface area contributed by atoms with E-state index < -0.39 is 0 Å². The van der Waals surface area contributed by atoms with Crippen LogP contribution in [0, 0.1) is 0 Å². The average molecular weight is 313 g/mol. The Morgan fingerprint density at radius 2 is 1.68 bits per heavy atom. The van der Waals surface area contributed by atoms with Crippen molar-refractivity contribution in [1.29, 1.82) is 0 Å². The molecule has 0 spiro atoms. The minimum Gasteiger partial charge on any atom is -0.463 e. The van der Waals surface area contributed by atoms with Crippen molar-refractivity contribution in [3.63, 3.8) is 0 Å². The Morgan fingerprint density at radius 3 is 2.32 bits per heavy atom. The maximum atomic E-state index is 12.6. The van der Waals surface area contributed by atoms with Gasteiger partial charge in [-0.2, -0.15) is 0 Å². The summed E-state index contributed by atoms with van der Waals surface area (Å²) in [4.78, 5) is 12.6. The molecule has 0 fully saturated rings. The molecule has 0 unspecified atom stereocenters. The van der Waals surface area contributed by atoms with Gasteiger partial charge < -0.3 is 4.42 Å². The number of fused-ring (bicyclic) bond motifs is 1. The van der Waals surface area contributed by atoms with Crippen molar-refractivity contribution < 1.29 is 4.42 Å². The van der Waals surface area contributed by atoms with Crippen LogP contribution in [0.3, 0.4) is 0 Å². The van der Waals surface area contributed by atoms with E-state index in [0.29, 0.717) is 21.6 Å². The maximum Gasteiger partial charge on any atom is 0.200 e. The first-order valence-electron chi connectivity index (χ1n) is 7.18. The van der Waals surface area contributed by atoms with Gasteiger partial charge in [-0.05, 0) is 28.7 Å². The Kier molecular flexibility index (Phi) is 3.57.